The summed E-state index contributed by atoms with van der Waals surface area (Å²) in [4.78, 5) is 42.5. The maximum Gasteiger partial charge on any atom is 2.00 e. The predicted octanol–water partition coefficient (Wildman–Crippen LogP) is -0.707. The summed E-state index contributed by atoms with van der Waals surface area (Å²) in [7, 11) is 2.52. The second-order valence-corrected chi connectivity index (χ2v) is 4.71. The molecule has 0 aliphatic rings. The van der Waals surface area contributed by atoms with Crippen molar-refractivity contribution in [1.82, 2.24) is 0 Å². The zero-order valence-electron chi connectivity index (χ0n) is 14.6. The van der Waals surface area contributed by atoms with E-state index in [-0.39, 0.29) is 34.2 Å². The van der Waals surface area contributed by atoms with E-state index in [0.717, 1.165) is 0 Å². The molecule has 136 valence electrons. The van der Waals surface area contributed by atoms with Gasteiger partial charge in [0.1, 0.15) is 0 Å². The molecule has 27 heavy (non-hydrogen) atoms. The Labute approximate surface area is 170 Å². The number of carbonyl (C=O) groups excluding carboxylic acids is 4. The minimum Gasteiger partial charge on any atom is -0.545 e. The number of hydrogen-bond donors (Lipinski definition) is 0. The number of aromatic carboxylic acids is 2. The van der Waals surface area contributed by atoms with Gasteiger partial charge in [0.05, 0.1) is 37.3 Å². The van der Waals surface area contributed by atoms with Crippen molar-refractivity contribution in [2.45, 2.75) is 0 Å². The van der Waals surface area contributed by atoms with Crippen molar-refractivity contribution in [3.05, 3.63) is 70.8 Å². The Bertz CT molecular complexity index is 728. The molecule has 0 bridgehead atoms. The van der Waals surface area contributed by atoms with Gasteiger partial charge in [-0.15, -0.1) is 0 Å². The van der Waals surface area contributed by atoms with Crippen LogP contribution in [0, 0.1) is 0 Å². The molecule has 8 nitrogen and oxygen atoms in total. The first-order chi connectivity index (χ1) is 12.3. The molecule has 9 heteroatoms. The van der Waals surface area contributed by atoms with Crippen molar-refractivity contribution in [2.24, 2.45) is 0 Å². The van der Waals surface area contributed by atoms with E-state index in [1.807, 2.05) is 0 Å². The fourth-order valence-electron chi connectivity index (χ4n) is 1.72. The van der Waals surface area contributed by atoms with Gasteiger partial charge in [0, 0.05) is 0 Å². The normalized spacial score (nSPS) is 8.96. The molecule has 0 aromatic heterocycles. The summed E-state index contributed by atoms with van der Waals surface area (Å²) in [5.74, 6) is -3.53. The number of methoxy groups -OCH3 is 2. The molecule has 2 aromatic carbocycles. The molecule has 2 rings (SSSR count). The number of rotatable bonds is 4. The summed E-state index contributed by atoms with van der Waals surface area (Å²) in [6, 6.07) is 10.7. The molecule has 0 atom stereocenters. The van der Waals surface area contributed by atoms with Gasteiger partial charge >= 0.3 is 35.0 Å². The Kier molecular flexibility index (Phi) is 10.4. The average Bonchev–Trinajstić information content (AvgIpc) is 2.67. The van der Waals surface area contributed by atoms with E-state index in [1.54, 1.807) is 0 Å². The Morgan fingerprint density at radius 1 is 0.593 bits per heavy atom. The Morgan fingerprint density at radius 2 is 0.815 bits per heavy atom. The molecule has 0 unspecified atom stereocenters. The third-order valence-electron chi connectivity index (χ3n) is 3.08. The van der Waals surface area contributed by atoms with E-state index in [9.17, 15) is 29.4 Å². The molecule has 0 aliphatic heterocycles. The summed E-state index contributed by atoms with van der Waals surface area (Å²) in [5, 5.41) is 20.6. The smallest absolute Gasteiger partial charge is 0.545 e. The average molecular weight is 383 g/mol. The fourth-order valence-corrected chi connectivity index (χ4v) is 1.72. The van der Waals surface area contributed by atoms with Crippen molar-refractivity contribution < 1.29 is 38.9 Å². The minimum absolute atomic E-state index is 0. The molecule has 0 fully saturated rings. The molecular weight excluding hydrogens is 368 g/mol. The summed E-state index contributed by atoms with van der Waals surface area (Å²) >= 11 is 0. The van der Waals surface area contributed by atoms with Crippen LogP contribution in [0.5, 0.6) is 0 Å². The molecule has 0 saturated carbocycles. The van der Waals surface area contributed by atoms with E-state index >= 15 is 0 Å². The quantitative estimate of drug-likeness (QED) is 0.500. The molecule has 0 heterocycles. The first kappa shape index (κ1) is 24.1. The first-order valence-electron chi connectivity index (χ1n) is 7.09. The fraction of sp³-hybridized carbons (Fsp3) is 0.111. The number of esters is 2. The number of carboxylic acids is 2. The standard InChI is InChI=1S/2C9H8O4.Mg/c2*1-13-9(12)7-4-2-6(3-5-7)8(10)11;/h2*2-5H,1H3,(H,10,11);/q;;+2/p-2. The van der Waals surface area contributed by atoms with Crippen LogP contribution < -0.4 is 10.2 Å². The number of carboxylic acid groups (broad SMARTS) is 2. The van der Waals surface area contributed by atoms with E-state index in [4.69, 9.17) is 0 Å². The van der Waals surface area contributed by atoms with Crippen molar-refractivity contribution in [1.29, 1.82) is 0 Å². The molecule has 0 radical (unpaired) electrons. The Hall–Kier alpha value is -2.91. The van der Waals surface area contributed by atoms with Gasteiger partial charge in [-0.25, -0.2) is 9.59 Å². The van der Waals surface area contributed by atoms with Crippen LogP contribution in [0.3, 0.4) is 0 Å². The number of carbonyl (C=O) groups is 4. The van der Waals surface area contributed by atoms with Crippen molar-refractivity contribution in [3.63, 3.8) is 0 Å². The van der Waals surface area contributed by atoms with Crippen LogP contribution in [-0.4, -0.2) is 61.1 Å². The topological polar surface area (TPSA) is 133 Å². The second kappa shape index (κ2) is 11.7. The van der Waals surface area contributed by atoms with Gasteiger partial charge in [-0.05, 0) is 35.4 Å². The largest absolute Gasteiger partial charge is 2.00 e. The van der Waals surface area contributed by atoms with E-state index in [0.29, 0.717) is 11.1 Å². The van der Waals surface area contributed by atoms with Gasteiger partial charge in [0.2, 0.25) is 0 Å². The van der Waals surface area contributed by atoms with Crippen LogP contribution >= 0.6 is 0 Å². The van der Waals surface area contributed by atoms with Crippen molar-refractivity contribution >= 4 is 46.9 Å². The van der Waals surface area contributed by atoms with Gasteiger partial charge in [-0.1, -0.05) is 24.3 Å². The Morgan fingerprint density at radius 3 is 1.00 bits per heavy atom. The molecule has 0 aliphatic carbocycles. The molecule has 0 saturated heterocycles. The van der Waals surface area contributed by atoms with Crippen LogP contribution in [-0.2, 0) is 9.47 Å². The number of hydrogen-bond acceptors (Lipinski definition) is 8. The Balaban J connectivity index is 0.000000483. The molecule has 0 amide bonds. The number of benzene rings is 2. The van der Waals surface area contributed by atoms with Gasteiger partial charge in [0.15, 0.2) is 0 Å². The van der Waals surface area contributed by atoms with Gasteiger partial charge in [0.25, 0.3) is 0 Å². The predicted molar refractivity (Wildman–Crippen MR) is 90.0 cm³/mol. The zero-order valence-corrected chi connectivity index (χ0v) is 16.0. The van der Waals surface area contributed by atoms with Gasteiger partial charge in [-0.3, -0.25) is 0 Å². The molecule has 0 spiro atoms. The second-order valence-electron chi connectivity index (χ2n) is 4.71. The molecule has 0 N–H and O–H groups in total. The van der Waals surface area contributed by atoms with Crippen LogP contribution in [0.25, 0.3) is 0 Å². The van der Waals surface area contributed by atoms with Crippen LogP contribution in [0.2, 0.25) is 0 Å². The molecular formula is C18H14MgO8. The first-order valence-corrected chi connectivity index (χ1v) is 7.09. The van der Waals surface area contributed by atoms with Crippen LogP contribution in [0.1, 0.15) is 41.4 Å². The van der Waals surface area contributed by atoms with Gasteiger partial charge in [-0.2, -0.15) is 0 Å². The summed E-state index contributed by atoms with van der Waals surface area (Å²) < 4.78 is 8.87. The third kappa shape index (κ3) is 7.46. The summed E-state index contributed by atoms with van der Waals surface area (Å²) in [5.41, 5.74) is 0.695. The summed E-state index contributed by atoms with van der Waals surface area (Å²) in [6.07, 6.45) is 0. The van der Waals surface area contributed by atoms with Gasteiger partial charge < -0.3 is 29.3 Å². The van der Waals surface area contributed by atoms with Crippen LogP contribution in [0.4, 0.5) is 0 Å². The number of ether oxygens (including phenoxy) is 2. The monoisotopic (exact) mass is 382 g/mol. The summed E-state index contributed by atoms with van der Waals surface area (Å²) in [6.45, 7) is 0. The maximum absolute atomic E-state index is 10.9. The SMILES string of the molecule is COC(=O)c1ccc(C(=O)[O-])cc1.COC(=O)c1ccc(C(=O)[O-])cc1.[Mg+2]. The van der Waals surface area contributed by atoms with E-state index < -0.39 is 23.9 Å². The minimum atomic E-state index is -1.27. The van der Waals surface area contributed by atoms with E-state index in [2.05, 4.69) is 9.47 Å². The maximum atomic E-state index is 10.9. The van der Waals surface area contributed by atoms with Crippen LogP contribution in [0.15, 0.2) is 48.5 Å². The van der Waals surface area contributed by atoms with E-state index in [1.165, 1.54) is 62.8 Å². The van der Waals surface area contributed by atoms with Crippen molar-refractivity contribution in [3.8, 4) is 0 Å². The zero-order chi connectivity index (χ0) is 19.7. The van der Waals surface area contributed by atoms with Crippen molar-refractivity contribution in [2.75, 3.05) is 14.2 Å². The molecule has 2 aromatic rings. The third-order valence-corrected chi connectivity index (χ3v) is 3.08.